The van der Waals surface area contributed by atoms with E-state index in [0.29, 0.717) is 25.9 Å². The van der Waals surface area contributed by atoms with Crippen LogP contribution >= 0.6 is 0 Å². The molecule has 1 atom stereocenters. The molecule has 4 rings (SSSR count). The van der Waals surface area contributed by atoms with Gasteiger partial charge in [-0.15, -0.1) is 0 Å². The van der Waals surface area contributed by atoms with Gasteiger partial charge >= 0.3 is 0 Å². The van der Waals surface area contributed by atoms with Crippen molar-refractivity contribution in [1.82, 2.24) is 20.1 Å². The third kappa shape index (κ3) is 5.53. The van der Waals surface area contributed by atoms with Crippen LogP contribution in [0.4, 0.5) is 5.82 Å². The second-order valence-corrected chi connectivity index (χ2v) is 9.60. The van der Waals surface area contributed by atoms with Gasteiger partial charge in [-0.1, -0.05) is 44.2 Å². The number of carbonyl (C=O) groups excluding carboxylic acids is 2. The van der Waals surface area contributed by atoms with Gasteiger partial charge in [0, 0.05) is 63.9 Å². The highest BCUT2D eigenvalue weighted by molar-refractivity contribution is 5.88. The van der Waals surface area contributed by atoms with E-state index in [1.165, 1.54) is 0 Å². The molecule has 2 aliphatic heterocycles. The number of amides is 2. The molecule has 176 valence electrons. The van der Waals surface area contributed by atoms with Crippen LogP contribution in [-0.4, -0.2) is 65.9 Å². The van der Waals surface area contributed by atoms with Gasteiger partial charge < -0.3 is 20.0 Å². The second-order valence-electron chi connectivity index (χ2n) is 9.60. The van der Waals surface area contributed by atoms with Crippen molar-refractivity contribution in [3.63, 3.8) is 0 Å². The fraction of sp³-hybridized carbons (Fsp3) is 0.500. The summed E-state index contributed by atoms with van der Waals surface area (Å²) in [7, 11) is 2.13. The minimum atomic E-state index is -0.491. The standard InChI is InChI=1S/C26H35N5O2/c1-19(2)15-24(32)31-18-22-8-5-4-7-20(22)16-23(31)26(33)28-17-21-9-6-10-27-25(21)30-13-11-29(3)12-14-30/h4-10,19,23H,11-18H2,1-3H3,(H,28,33). The number of aromatic nitrogens is 1. The molecule has 1 fully saturated rings. The Kier molecular flexibility index (Phi) is 7.28. The third-order valence-corrected chi connectivity index (χ3v) is 6.58. The molecule has 33 heavy (non-hydrogen) atoms. The Morgan fingerprint density at radius 3 is 2.52 bits per heavy atom. The Labute approximate surface area is 196 Å². The smallest absolute Gasteiger partial charge is 0.243 e. The predicted molar refractivity (Wildman–Crippen MR) is 130 cm³/mol. The lowest BCUT2D eigenvalue weighted by atomic mass is 9.92. The summed E-state index contributed by atoms with van der Waals surface area (Å²) < 4.78 is 0. The van der Waals surface area contributed by atoms with Gasteiger partial charge in [0.15, 0.2) is 0 Å². The SMILES string of the molecule is CC(C)CC(=O)N1Cc2ccccc2CC1C(=O)NCc1cccnc1N1CCN(C)CC1. The van der Waals surface area contributed by atoms with Crippen molar-refractivity contribution in [2.24, 2.45) is 5.92 Å². The first kappa shape index (κ1) is 23.2. The molecule has 0 saturated carbocycles. The predicted octanol–water partition coefficient (Wildman–Crippen LogP) is 2.45. The molecule has 7 nitrogen and oxygen atoms in total. The van der Waals surface area contributed by atoms with Crippen LogP contribution in [0.3, 0.4) is 0 Å². The molecule has 0 aliphatic carbocycles. The minimum absolute atomic E-state index is 0.0409. The normalized spacial score (nSPS) is 18.8. The van der Waals surface area contributed by atoms with Crippen LogP contribution in [0, 0.1) is 5.92 Å². The van der Waals surface area contributed by atoms with Crippen molar-refractivity contribution in [3.05, 3.63) is 59.3 Å². The van der Waals surface area contributed by atoms with E-state index in [9.17, 15) is 9.59 Å². The van der Waals surface area contributed by atoms with Gasteiger partial charge in [-0.05, 0) is 30.2 Å². The molecular formula is C26H35N5O2. The summed E-state index contributed by atoms with van der Waals surface area (Å²) >= 11 is 0. The number of anilines is 1. The van der Waals surface area contributed by atoms with E-state index in [1.54, 1.807) is 4.90 Å². The van der Waals surface area contributed by atoms with Crippen molar-refractivity contribution in [2.45, 2.75) is 45.8 Å². The van der Waals surface area contributed by atoms with Gasteiger partial charge in [-0.2, -0.15) is 0 Å². The molecular weight excluding hydrogens is 414 g/mol. The van der Waals surface area contributed by atoms with Gasteiger partial charge in [-0.25, -0.2) is 4.98 Å². The Bertz CT molecular complexity index is 984. The van der Waals surface area contributed by atoms with Crippen molar-refractivity contribution >= 4 is 17.6 Å². The molecule has 0 radical (unpaired) electrons. The summed E-state index contributed by atoms with van der Waals surface area (Å²) in [6.45, 7) is 8.79. The van der Waals surface area contributed by atoms with Gasteiger partial charge in [0.2, 0.25) is 11.8 Å². The lowest BCUT2D eigenvalue weighted by molar-refractivity contribution is -0.142. The topological polar surface area (TPSA) is 68.8 Å². The molecule has 2 aromatic rings. The first-order valence-electron chi connectivity index (χ1n) is 11.9. The van der Waals surface area contributed by atoms with E-state index < -0.39 is 6.04 Å². The Morgan fingerprint density at radius 2 is 1.79 bits per heavy atom. The Hall–Kier alpha value is -2.93. The van der Waals surface area contributed by atoms with E-state index in [1.807, 2.05) is 44.3 Å². The lowest BCUT2D eigenvalue weighted by Gasteiger charge is -2.37. The molecule has 1 N–H and O–H groups in total. The molecule has 2 aliphatic rings. The summed E-state index contributed by atoms with van der Waals surface area (Å²) in [5.41, 5.74) is 3.28. The summed E-state index contributed by atoms with van der Waals surface area (Å²) in [6, 6.07) is 11.6. The van der Waals surface area contributed by atoms with Crippen LogP contribution < -0.4 is 10.2 Å². The molecule has 0 spiro atoms. The Morgan fingerprint density at radius 1 is 1.06 bits per heavy atom. The van der Waals surface area contributed by atoms with Gasteiger partial charge in [0.25, 0.3) is 0 Å². The summed E-state index contributed by atoms with van der Waals surface area (Å²) in [5.74, 6) is 1.13. The number of pyridine rings is 1. The van der Waals surface area contributed by atoms with Crippen LogP contribution in [0.15, 0.2) is 42.6 Å². The van der Waals surface area contributed by atoms with Crippen LogP contribution in [0.1, 0.15) is 37.0 Å². The largest absolute Gasteiger partial charge is 0.354 e. The molecule has 2 amide bonds. The first-order valence-corrected chi connectivity index (χ1v) is 11.9. The van der Waals surface area contributed by atoms with Crippen molar-refractivity contribution < 1.29 is 9.59 Å². The molecule has 1 unspecified atom stereocenters. The summed E-state index contributed by atoms with van der Waals surface area (Å²) in [5, 5.41) is 3.12. The minimum Gasteiger partial charge on any atom is -0.354 e. The number of rotatable bonds is 6. The van der Waals surface area contributed by atoms with E-state index in [2.05, 4.69) is 39.3 Å². The fourth-order valence-electron chi connectivity index (χ4n) is 4.66. The van der Waals surface area contributed by atoms with E-state index in [-0.39, 0.29) is 17.7 Å². The molecule has 7 heteroatoms. The highest BCUT2D eigenvalue weighted by Gasteiger charge is 2.34. The molecule has 1 aromatic carbocycles. The average Bonchev–Trinajstić information content (AvgIpc) is 2.82. The van der Waals surface area contributed by atoms with Crippen LogP contribution in [0.25, 0.3) is 0 Å². The number of hydrogen-bond acceptors (Lipinski definition) is 5. The lowest BCUT2D eigenvalue weighted by Crippen LogP contribution is -2.52. The van der Waals surface area contributed by atoms with Crippen LogP contribution in [0.2, 0.25) is 0 Å². The molecule has 3 heterocycles. The van der Waals surface area contributed by atoms with Crippen molar-refractivity contribution in [2.75, 3.05) is 38.1 Å². The second kappa shape index (κ2) is 10.3. The number of nitrogens with one attached hydrogen (secondary N) is 1. The number of hydrogen-bond donors (Lipinski definition) is 1. The molecule has 1 saturated heterocycles. The highest BCUT2D eigenvalue weighted by atomic mass is 16.2. The number of nitrogens with zero attached hydrogens (tertiary/aromatic N) is 4. The molecule has 1 aromatic heterocycles. The van der Waals surface area contributed by atoms with Crippen LogP contribution in [0.5, 0.6) is 0 Å². The number of carbonyl (C=O) groups is 2. The number of piperazine rings is 1. The maximum atomic E-state index is 13.4. The summed E-state index contributed by atoms with van der Waals surface area (Å²) in [6.07, 6.45) is 2.80. The number of likely N-dealkylation sites (N-methyl/N-ethyl adjacent to an activating group) is 1. The quantitative estimate of drug-likeness (QED) is 0.734. The van der Waals surface area contributed by atoms with Gasteiger partial charge in [0.1, 0.15) is 11.9 Å². The zero-order chi connectivity index (χ0) is 23.4. The summed E-state index contributed by atoms with van der Waals surface area (Å²) in [4.78, 5) is 37.4. The first-order chi connectivity index (χ1) is 15.9. The maximum absolute atomic E-state index is 13.4. The van der Waals surface area contributed by atoms with E-state index >= 15 is 0 Å². The number of fused-ring (bicyclic) bond motifs is 1. The van der Waals surface area contributed by atoms with E-state index in [4.69, 9.17) is 0 Å². The number of benzene rings is 1. The zero-order valence-electron chi connectivity index (χ0n) is 20.0. The van der Waals surface area contributed by atoms with Crippen LogP contribution in [-0.2, 0) is 29.1 Å². The highest BCUT2D eigenvalue weighted by Crippen LogP contribution is 2.25. The Balaban J connectivity index is 1.48. The maximum Gasteiger partial charge on any atom is 0.243 e. The van der Waals surface area contributed by atoms with Gasteiger partial charge in [0.05, 0.1) is 0 Å². The fourth-order valence-corrected chi connectivity index (χ4v) is 4.66. The third-order valence-electron chi connectivity index (χ3n) is 6.58. The monoisotopic (exact) mass is 449 g/mol. The zero-order valence-corrected chi connectivity index (χ0v) is 20.0. The average molecular weight is 450 g/mol. The van der Waals surface area contributed by atoms with Gasteiger partial charge in [-0.3, -0.25) is 9.59 Å². The van der Waals surface area contributed by atoms with Crippen molar-refractivity contribution in [3.8, 4) is 0 Å². The van der Waals surface area contributed by atoms with Crippen molar-refractivity contribution in [1.29, 1.82) is 0 Å². The van der Waals surface area contributed by atoms with E-state index in [0.717, 1.165) is 48.7 Å². The molecule has 0 bridgehead atoms.